The minimum absolute atomic E-state index is 0.132. The number of amides is 2. The molecule has 0 unspecified atom stereocenters. The average molecular weight is 302 g/mol. The summed E-state index contributed by atoms with van der Waals surface area (Å²) < 4.78 is 0. The maximum Gasteiger partial charge on any atom is 0.226 e. The minimum atomic E-state index is 0.132. The molecule has 1 saturated heterocycles. The third-order valence-electron chi connectivity index (χ3n) is 4.13. The molecule has 0 radical (unpaired) electrons. The van der Waals surface area contributed by atoms with Crippen molar-refractivity contribution in [3.63, 3.8) is 0 Å². The van der Waals surface area contributed by atoms with Crippen molar-refractivity contribution in [3.05, 3.63) is 35.4 Å². The van der Waals surface area contributed by atoms with E-state index in [1.165, 1.54) is 5.56 Å². The lowest BCUT2D eigenvalue weighted by Gasteiger charge is -2.32. The van der Waals surface area contributed by atoms with E-state index in [1.54, 1.807) is 0 Å². The number of aryl methyl sites for hydroxylation is 1. The van der Waals surface area contributed by atoms with E-state index >= 15 is 0 Å². The van der Waals surface area contributed by atoms with Gasteiger partial charge in [0.1, 0.15) is 0 Å². The van der Waals surface area contributed by atoms with Crippen molar-refractivity contribution in [1.82, 2.24) is 10.2 Å². The second kappa shape index (κ2) is 7.97. The van der Waals surface area contributed by atoms with E-state index in [0.717, 1.165) is 37.9 Å². The summed E-state index contributed by atoms with van der Waals surface area (Å²) in [5.74, 6) is 0.316. The van der Waals surface area contributed by atoms with E-state index in [0.29, 0.717) is 12.8 Å². The number of nitrogens with one attached hydrogen (secondary N) is 1. The molecule has 1 aromatic carbocycles. The van der Waals surface area contributed by atoms with E-state index in [2.05, 4.69) is 11.4 Å². The normalized spacial score (nSPS) is 15.6. The zero-order valence-corrected chi connectivity index (χ0v) is 13.6. The fourth-order valence-electron chi connectivity index (χ4n) is 2.91. The molecule has 0 bridgehead atoms. The summed E-state index contributed by atoms with van der Waals surface area (Å²) in [5.41, 5.74) is 2.26. The quantitative estimate of drug-likeness (QED) is 0.908. The lowest BCUT2D eigenvalue weighted by Crippen LogP contribution is -2.46. The predicted molar refractivity (Wildman–Crippen MR) is 87.5 cm³/mol. The van der Waals surface area contributed by atoms with Gasteiger partial charge in [-0.25, -0.2) is 0 Å². The summed E-state index contributed by atoms with van der Waals surface area (Å²) >= 11 is 0. The maximum absolute atomic E-state index is 12.3. The number of hydrogen-bond donors (Lipinski definition) is 1. The van der Waals surface area contributed by atoms with Crippen LogP contribution in [0.25, 0.3) is 0 Å². The average Bonchev–Trinajstić information content (AvgIpc) is 2.48. The van der Waals surface area contributed by atoms with Crippen LogP contribution < -0.4 is 5.32 Å². The Morgan fingerprint density at radius 1 is 1.27 bits per heavy atom. The molecule has 0 atom stereocenters. The monoisotopic (exact) mass is 302 g/mol. The Balaban J connectivity index is 1.78. The van der Waals surface area contributed by atoms with Gasteiger partial charge in [0.15, 0.2) is 0 Å². The van der Waals surface area contributed by atoms with E-state index < -0.39 is 0 Å². The minimum Gasteiger partial charge on any atom is -0.353 e. The van der Waals surface area contributed by atoms with Crippen LogP contribution in [0, 0.1) is 6.92 Å². The van der Waals surface area contributed by atoms with Crippen molar-refractivity contribution in [2.45, 2.75) is 52.0 Å². The van der Waals surface area contributed by atoms with Crippen molar-refractivity contribution in [1.29, 1.82) is 0 Å². The molecule has 1 aromatic rings. The number of rotatable bonds is 5. The molecular weight excluding hydrogens is 276 g/mol. The van der Waals surface area contributed by atoms with Crippen LogP contribution in [0.15, 0.2) is 24.3 Å². The largest absolute Gasteiger partial charge is 0.353 e. The fraction of sp³-hybridized carbons (Fsp3) is 0.556. The molecule has 0 spiro atoms. The summed E-state index contributed by atoms with van der Waals surface area (Å²) in [7, 11) is 0. The van der Waals surface area contributed by atoms with Gasteiger partial charge in [0, 0.05) is 25.6 Å². The highest BCUT2D eigenvalue weighted by atomic mass is 16.2. The highest BCUT2D eigenvalue weighted by Crippen LogP contribution is 2.13. The molecule has 1 aliphatic rings. The number of nitrogens with zero attached hydrogens (tertiary/aromatic N) is 1. The summed E-state index contributed by atoms with van der Waals surface area (Å²) in [4.78, 5) is 25.9. The SMILES string of the molecule is CCCC(=O)NC1CCN(C(=O)Cc2cccc(C)c2)CC1. The van der Waals surface area contributed by atoms with Gasteiger partial charge >= 0.3 is 0 Å². The first-order valence-electron chi connectivity index (χ1n) is 8.21. The lowest BCUT2D eigenvalue weighted by atomic mass is 10.0. The highest BCUT2D eigenvalue weighted by molar-refractivity contribution is 5.79. The summed E-state index contributed by atoms with van der Waals surface area (Å²) in [6.45, 7) is 5.52. The van der Waals surface area contributed by atoms with Gasteiger partial charge in [-0.3, -0.25) is 9.59 Å². The van der Waals surface area contributed by atoms with Crippen LogP contribution in [-0.4, -0.2) is 35.8 Å². The third-order valence-corrected chi connectivity index (χ3v) is 4.13. The van der Waals surface area contributed by atoms with Crippen LogP contribution in [0.5, 0.6) is 0 Å². The van der Waals surface area contributed by atoms with Gasteiger partial charge in [-0.1, -0.05) is 36.8 Å². The van der Waals surface area contributed by atoms with Crippen LogP contribution in [0.1, 0.15) is 43.7 Å². The summed E-state index contributed by atoms with van der Waals surface area (Å²) in [5, 5.41) is 3.06. The first kappa shape index (κ1) is 16.5. The van der Waals surface area contributed by atoms with Gasteiger partial charge in [-0.05, 0) is 31.7 Å². The standard InChI is InChI=1S/C18H26N2O2/c1-3-5-17(21)19-16-8-10-20(11-9-16)18(22)13-15-7-4-6-14(2)12-15/h4,6-7,12,16H,3,5,8-11,13H2,1-2H3,(H,19,21). The molecule has 4 heteroatoms. The van der Waals surface area contributed by atoms with Crippen LogP contribution in [-0.2, 0) is 16.0 Å². The molecule has 120 valence electrons. The zero-order chi connectivity index (χ0) is 15.9. The Morgan fingerprint density at radius 3 is 2.64 bits per heavy atom. The predicted octanol–water partition coefficient (Wildman–Crippen LogP) is 2.44. The second-order valence-electron chi connectivity index (χ2n) is 6.14. The number of likely N-dealkylation sites (tertiary alicyclic amines) is 1. The van der Waals surface area contributed by atoms with Crippen molar-refractivity contribution in [2.75, 3.05) is 13.1 Å². The zero-order valence-electron chi connectivity index (χ0n) is 13.6. The molecule has 1 heterocycles. The van der Waals surface area contributed by atoms with Gasteiger partial charge in [0.05, 0.1) is 6.42 Å². The molecule has 0 saturated carbocycles. The molecule has 2 rings (SSSR count). The van der Waals surface area contributed by atoms with Gasteiger partial charge in [0.2, 0.25) is 11.8 Å². The van der Waals surface area contributed by atoms with Gasteiger partial charge < -0.3 is 10.2 Å². The van der Waals surface area contributed by atoms with E-state index in [9.17, 15) is 9.59 Å². The van der Waals surface area contributed by atoms with Crippen LogP contribution in [0.4, 0.5) is 0 Å². The molecule has 0 aliphatic carbocycles. The van der Waals surface area contributed by atoms with E-state index in [4.69, 9.17) is 0 Å². The van der Waals surface area contributed by atoms with Crippen molar-refractivity contribution < 1.29 is 9.59 Å². The Kier molecular flexibility index (Phi) is 5.99. The van der Waals surface area contributed by atoms with E-state index in [1.807, 2.05) is 36.9 Å². The Labute approximate surface area is 132 Å². The van der Waals surface area contributed by atoms with Crippen molar-refractivity contribution in [3.8, 4) is 0 Å². The molecule has 1 aliphatic heterocycles. The van der Waals surface area contributed by atoms with Crippen molar-refractivity contribution in [2.24, 2.45) is 0 Å². The van der Waals surface area contributed by atoms with Gasteiger partial charge in [0.25, 0.3) is 0 Å². The highest BCUT2D eigenvalue weighted by Gasteiger charge is 2.23. The number of carbonyl (C=O) groups excluding carboxylic acids is 2. The topological polar surface area (TPSA) is 49.4 Å². The molecule has 1 fully saturated rings. The third kappa shape index (κ3) is 4.86. The maximum atomic E-state index is 12.3. The van der Waals surface area contributed by atoms with E-state index in [-0.39, 0.29) is 17.9 Å². The first-order chi connectivity index (χ1) is 10.6. The molecule has 4 nitrogen and oxygen atoms in total. The smallest absolute Gasteiger partial charge is 0.226 e. The molecule has 1 N–H and O–H groups in total. The molecule has 22 heavy (non-hydrogen) atoms. The molecule has 0 aromatic heterocycles. The van der Waals surface area contributed by atoms with Crippen LogP contribution in [0.3, 0.4) is 0 Å². The van der Waals surface area contributed by atoms with Crippen LogP contribution >= 0.6 is 0 Å². The fourth-order valence-corrected chi connectivity index (χ4v) is 2.91. The Morgan fingerprint density at radius 2 is 2.00 bits per heavy atom. The summed E-state index contributed by atoms with van der Waals surface area (Å²) in [6.07, 6.45) is 3.64. The number of carbonyl (C=O) groups is 2. The van der Waals surface area contributed by atoms with Crippen molar-refractivity contribution >= 4 is 11.8 Å². The lowest BCUT2D eigenvalue weighted by molar-refractivity contribution is -0.131. The van der Waals surface area contributed by atoms with Crippen LogP contribution in [0.2, 0.25) is 0 Å². The number of piperidine rings is 1. The van der Waals surface area contributed by atoms with Gasteiger partial charge in [-0.15, -0.1) is 0 Å². The Hall–Kier alpha value is -1.84. The Bertz CT molecular complexity index is 520. The molecular formula is C18H26N2O2. The summed E-state index contributed by atoms with van der Waals surface area (Å²) in [6, 6.07) is 8.33. The first-order valence-corrected chi connectivity index (χ1v) is 8.21. The molecule has 2 amide bonds. The number of hydrogen-bond acceptors (Lipinski definition) is 2. The van der Waals surface area contributed by atoms with Gasteiger partial charge in [-0.2, -0.15) is 0 Å². The number of benzene rings is 1. The second-order valence-corrected chi connectivity index (χ2v) is 6.14.